The molecule has 6 nitrogen and oxygen atoms in total. The molecule has 1 aromatic rings. The number of nitrogens with zero attached hydrogens (tertiary/aromatic N) is 1. The van der Waals surface area contributed by atoms with Crippen molar-refractivity contribution in [3.05, 3.63) is 29.3 Å². The number of hydrogen-bond donors (Lipinski definition) is 2. The van der Waals surface area contributed by atoms with Gasteiger partial charge in [0.25, 0.3) is 0 Å². The molecular weight excluding hydrogens is 306 g/mol. The van der Waals surface area contributed by atoms with Crippen LogP contribution in [0.1, 0.15) is 20.3 Å². The van der Waals surface area contributed by atoms with Crippen LogP contribution < -0.4 is 16.0 Å². The van der Waals surface area contributed by atoms with Crippen molar-refractivity contribution in [2.75, 3.05) is 11.4 Å². The van der Waals surface area contributed by atoms with Crippen LogP contribution in [-0.2, 0) is 14.4 Å². The second-order valence-corrected chi connectivity index (χ2v) is 6.30. The van der Waals surface area contributed by atoms with E-state index in [-0.39, 0.29) is 24.8 Å². The van der Waals surface area contributed by atoms with Crippen molar-refractivity contribution in [1.82, 2.24) is 5.32 Å². The van der Waals surface area contributed by atoms with Gasteiger partial charge in [-0.25, -0.2) is 0 Å². The number of primary amides is 1. The van der Waals surface area contributed by atoms with Gasteiger partial charge in [0, 0.05) is 23.7 Å². The molecule has 0 radical (unpaired) electrons. The molecule has 1 aliphatic heterocycles. The summed E-state index contributed by atoms with van der Waals surface area (Å²) in [7, 11) is 0. The topological polar surface area (TPSA) is 92.5 Å². The molecule has 0 spiro atoms. The molecule has 0 aliphatic carbocycles. The lowest BCUT2D eigenvalue weighted by atomic mass is 10.0. The summed E-state index contributed by atoms with van der Waals surface area (Å²) in [5, 5.41) is 3.16. The normalized spacial score (nSPS) is 18.4. The number of rotatable bonds is 4. The summed E-state index contributed by atoms with van der Waals surface area (Å²) in [4.78, 5) is 37.1. The summed E-state index contributed by atoms with van der Waals surface area (Å²) in [5.74, 6) is -1.63. The average molecular weight is 324 g/mol. The molecule has 1 heterocycles. The molecule has 0 saturated carbocycles. The van der Waals surface area contributed by atoms with Gasteiger partial charge < -0.3 is 16.0 Å². The molecule has 22 heavy (non-hydrogen) atoms. The standard InChI is InChI=1S/C15H18ClN3O3/c1-15(2,14(17)22)18-13(21)9-7-12(20)19(8-9)11-5-3-10(16)4-6-11/h3-6,9H,7-8H2,1-2H3,(H2,17,22)(H,18,21)/t9-/m1/s1. The first-order chi connectivity index (χ1) is 10.2. The Kier molecular flexibility index (Phi) is 4.42. The zero-order chi connectivity index (χ0) is 16.5. The van der Waals surface area contributed by atoms with Gasteiger partial charge in [-0.05, 0) is 38.1 Å². The first-order valence-electron chi connectivity index (χ1n) is 6.88. The highest BCUT2D eigenvalue weighted by Crippen LogP contribution is 2.26. The number of amides is 3. The molecule has 0 bridgehead atoms. The Balaban J connectivity index is 2.07. The monoisotopic (exact) mass is 323 g/mol. The van der Waals surface area contributed by atoms with Crippen LogP contribution in [0.15, 0.2) is 24.3 Å². The fraction of sp³-hybridized carbons (Fsp3) is 0.400. The van der Waals surface area contributed by atoms with E-state index in [1.165, 1.54) is 18.7 Å². The van der Waals surface area contributed by atoms with Gasteiger partial charge in [-0.2, -0.15) is 0 Å². The predicted octanol–water partition coefficient (Wildman–Crippen LogP) is 1.07. The highest BCUT2D eigenvalue weighted by Gasteiger charge is 2.38. The Morgan fingerprint density at radius 1 is 1.32 bits per heavy atom. The van der Waals surface area contributed by atoms with Crippen molar-refractivity contribution in [3.63, 3.8) is 0 Å². The van der Waals surface area contributed by atoms with Crippen LogP contribution in [0, 0.1) is 5.92 Å². The highest BCUT2D eigenvalue weighted by molar-refractivity contribution is 6.30. The smallest absolute Gasteiger partial charge is 0.242 e. The molecule has 7 heteroatoms. The lowest BCUT2D eigenvalue weighted by Crippen LogP contribution is -2.54. The van der Waals surface area contributed by atoms with Gasteiger partial charge in [-0.15, -0.1) is 0 Å². The summed E-state index contributed by atoms with van der Waals surface area (Å²) in [6, 6.07) is 6.84. The quantitative estimate of drug-likeness (QED) is 0.868. The maximum atomic E-state index is 12.2. The SMILES string of the molecule is CC(C)(NC(=O)[C@@H]1CC(=O)N(c2ccc(Cl)cc2)C1)C(N)=O. The number of nitrogens with two attached hydrogens (primary N) is 1. The minimum absolute atomic E-state index is 0.100. The van der Waals surface area contributed by atoms with Crippen molar-refractivity contribution in [3.8, 4) is 0 Å². The van der Waals surface area contributed by atoms with E-state index in [9.17, 15) is 14.4 Å². The van der Waals surface area contributed by atoms with Crippen molar-refractivity contribution in [2.45, 2.75) is 25.8 Å². The molecule has 0 aromatic heterocycles. The van der Waals surface area contributed by atoms with Crippen molar-refractivity contribution in [1.29, 1.82) is 0 Å². The van der Waals surface area contributed by atoms with Crippen molar-refractivity contribution < 1.29 is 14.4 Å². The van der Waals surface area contributed by atoms with E-state index in [2.05, 4.69) is 5.32 Å². The Morgan fingerprint density at radius 2 is 1.91 bits per heavy atom. The minimum atomic E-state index is -1.15. The first-order valence-corrected chi connectivity index (χ1v) is 7.26. The van der Waals surface area contributed by atoms with Crippen LogP contribution in [0.3, 0.4) is 0 Å². The summed E-state index contributed by atoms with van der Waals surface area (Å²) in [6.45, 7) is 3.32. The van der Waals surface area contributed by atoms with Crippen LogP contribution in [0.5, 0.6) is 0 Å². The number of benzene rings is 1. The molecule has 118 valence electrons. The largest absolute Gasteiger partial charge is 0.368 e. The number of carbonyl (C=O) groups is 3. The minimum Gasteiger partial charge on any atom is -0.368 e. The average Bonchev–Trinajstić information content (AvgIpc) is 2.81. The van der Waals surface area contributed by atoms with Gasteiger partial charge in [0.2, 0.25) is 17.7 Å². The van der Waals surface area contributed by atoms with E-state index < -0.39 is 17.4 Å². The Hall–Kier alpha value is -2.08. The molecule has 3 amide bonds. The fourth-order valence-electron chi connectivity index (χ4n) is 2.23. The molecule has 1 fully saturated rings. The number of hydrogen-bond acceptors (Lipinski definition) is 3. The Labute approximate surface area is 133 Å². The summed E-state index contributed by atoms with van der Waals surface area (Å²) in [5.41, 5.74) is 4.78. The van der Waals surface area contributed by atoms with Gasteiger partial charge in [0.15, 0.2) is 0 Å². The second-order valence-electron chi connectivity index (χ2n) is 5.86. The third kappa shape index (κ3) is 3.39. The van der Waals surface area contributed by atoms with Gasteiger partial charge in [-0.3, -0.25) is 14.4 Å². The van der Waals surface area contributed by atoms with Crippen LogP contribution in [0.2, 0.25) is 5.02 Å². The first kappa shape index (κ1) is 16.3. The van der Waals surface area contributed by atoms with E-state index in [1.807, 2.05) is 0 Å². The highest BCUT2D eigenvalue weighted by atomic mass is 35.5. The van der Waals surface area contributed by atoms with E-state index in [0.717, 1.165) is 0 Å². The molecule has 1 saturated heterocycles. The number of anilines is 1. The van der Waals surface area contributed by atoms with E-state index in [0.29, 0.717) is 10.7 Å². The van der Waals surface area contributed by atoms with Crippen LogP contribution >= 0.6 is 11.6 Å². The number of carbonyl (C=O) groups excluding carboxylic acids is 3. The van der Waals surface area contributed by atoms with Crippen LogP contribution in [0.25, 0.3) is 0 Å². The van der Waals surface area contributed by atoms with Crippen LogP contribution in [-0.4, -0.2) is 29.8 Å². The maximum Gasteiger partial charge on any atom is 0.242 e. The van der Waals surface area contributed by atoms with Gasteiger partial charge >= 0.3 is 0 Å². The van der Waals surface area contributed by atoms with Crippen LogP contribution in [0.4, 0.5) is 5.69 Å². The summed E-state index contributed by atoms with van der Waals surface area (Å²) in [6.07, 6.45) is 0.100. The molecule has 0 unspecified atom stereocenters. The Bertz CT molecular complexity index is 613. The molecule has 3 N–H and O–H groups in total. The van der Waals surface area contributed by atoms with E-state index in [4.69, 9.17) is 17.3 Å². The zero-order valence-corrected chi connectivity index (χ0v) is 13.2. The van der Waals surface area contributed by atoms with Gasteiger partial charge in [-0.1, -0.05) is 11.6 Å². The van der Waals surface area contributed by atoms with Crippen molar-refractivity contribution >= 4 is 35.0 Å². The second kappa shape index (κ2) is 5.96. The fourth-order valence-corrected chi connectivity index (χ4v) is 2.35. The molecule has 1 aliphatic rings. The zero-order valence-electron chi connectivity index (χ0n) is 12.4. The summed E-state index contributed by atoms with van der Waals surface area (Å²) >= 11 is 5.82. The Morgan fingerprint density at radius 3 is 2.45 bits per heavy atom. The maximum absolute atomic E-state index is 12.2. The molecule has 1 atom stereocenters. The third-order valence-corrected chi connectivity index (χ3v) is 3.94. The third-order valence-electron chi connectivity index (χ3n) is 3.69. The van der Waals surface area contributed by atoms with Crippen molar-refractivity contribution in [2.24, 2.45) is 11.7 Å². The number of halogens is 1. The molecule has 2 rings (SSSR count). The number of nitrogens with one attached hydrogen (secondary N) is 1. The lowest BCUT2D eigenvalue weighted by Gasteiger charge is -2.24. The summed E-state index contributed by atoms with van der Waals surface area (Å²) < 4.78 is 0. The predicted molar refractivity (Wildman–Crippen MR) is 83.3 cm³/mol. The molecule has 1 aromatic carbocycles. The van der Waals surface area contributed by atoms with E-state index in [1.54, 1.807) is 24.3 Å². The molecular formula is C15H18ClN3O3. The van der Waals surface area contributed by atoms with Gasteiger partial charge in [0.05, 0.1) is 5.92 Å². The van der Waals surface area contributed by atoms with Gasteiger partial charge in [0.1, 0.15) is 5.54 Å². The van der Waals surface area contributed by atoms with E-state index >= 15 is 0 Å². The lowest BCUT2D eigenvalue weighted by molar-refractivity contribution is -0.132.